The number of thiazole rings is 1. The summed E-state index contributed by atoms with van der Waals surface area (Å²) in [5.74, 6) is -1.17. The van der Waals surface area contributed by atoms with E-state index in [1.165, 1.54) is 23.5 Å². The molecule has 2 aromatic carbocycles. The Morgan fingerprint density at radius 1 is 1.03 bits per heavy atom. The first kappa shape index (κ1) is 23.5. The summed E-state index contributed by atoms with van der Waals surface area (Å²) in [5.41, 5.74) is 3.87. The summed E-state index contributed by atoms with van der Waals surface area (Å²) in [6, 6.07) is 12.2. The number of rotatable bonds is 6. The number of benzene rings is 2. The third-order valence-electron chi connectivity index (χ3n) is 4.67. The van der Waals surface area contributed by atoms with Crippen molar-refractivity contribution < 1.29 is 22.8 Å². The van der Waals surface area contributed by atoms with E-state index >= 15 is 0 Å². The number of hydrogen-bond donors (Lipinski definition) is 2. The lowest BCUT2D eigenvalue weighted by molar-refractivity contribution is -0.123. The summed E-state index contributed by atoms with van der Waals surface area (Å²) in [6.07, 6.45) is -4.42. The number of carbonyl (C=O) groups is 2. The van der Waals surface area contributed by atoms with Crippen molar-refractivity contribution in [2.75, 3.05) is 11.9 Å². The molecule has 0 fully saturated rings. The zero-order valence-electron chi connectivity index (χ0n) is 17.8. The molecule has 3 rings (SSSR count). The normalized spacial score (nSPS) is 11.3. The van der Waals surface area contributed by atoms with Gasteiger partial charge in [-0.15, -0.1) is 11.3 Å². The van der Waals surface area contributed by atoms with E-state index in [1.807, 2.05) is 43.4 Å². The van der Waals surface area contributed by atoms with Gasteiger partial charge in [0.1, 0.15) is 6.54 Å². The molecule has 0 atom stereocenters. The van der Waals surface area contributed by atoms with Crippen LogP contribution < -0.4 is 10.6 Å². The van der Waals surface area contributed by atoms with Gasteiger partial charge in [-0.05, 0) is 38.5 Å². The molecule has 0 bridgehead atoms. The predicted octanol–water partition coefficient (Wildman–Crippen LogP) is 5.21. The van der Waals surface area contributed by atoms with E-state index in [4.69, 9.17) is 0 Å². The molecule has 3 aromatic rings. The number of carbonyl (C=O) groups excluding carboxylic acids is 2. The SMILES string of the molecule is Cc1ccc(-c2nc(C)sc2CC(=O)Nc2cc(C(=O)NCC(F)(F)F)ccc2C)cc1. The minimum absolute atomic E-state index is 0.0316. The molecule has 2 N–H and O–H groups in total. The first-order valence-electron chi connectivity index (χ1n) is 9.80. The van der Waals surface area contributed by atoms with E-state index in [0.29, 0.717) is 11.3 Å². The third kappa shape index (κ3) is 6.16. The van der Waals surface area contributed by atoms with E-state index in [2.05, 4.69) is 10.3 Å². The molecule has 0 saturated heterocycles. The Balaban J connectivity index is 1.74. The Bertz CT molecular complexity index is 1140. The van der Waals surface area contributed by atoms with Gasteiger partial charge in [0.15, 0.2) is 0 Å². The first-order valence-corrected chi connectivity index (χ1v) is 10.6. The van der Waals surface area contributed by atoms with Gasteiger partial charge in [0.05, 0.1) is 17.1 Å². The van der Waals surface area contributed by atoms with Gasteiger partial charge in [-0.3, -0.25) is 9.59 Å². The molecule has 168 valence electrons. The quantitative estimate of drug-likeness (QED) is 0.530. The number of nitrogens with zero attached hydrogens (tertiary/aromatic N) is 1. The van der Waals surface area contributed by atoms with Crippen molar-refractivity contribution in [1.29, 1.82) is 0 Å². The van der Waals surface area contributed by atoms with Gasteiger partial charge in [-0.2, -0.15) is 13.2 Å². The predicted molar refractivity (Wildman–Crippen MR) is 119 cm³/mol. The Hall–Kier alpha value is -3.20. The maximum absolute atomic E-state index is 12.7. The fraction of sp³-hybridized carbons (Fsp3) is 0.261. The molecule has 0 aliphatic carbocycles. The number of alkyl halides is 3. The Labute approximate surface area is 187 Å². The van der Waals surface area contributed by atoms with Crippen LogP contribution in [0, 0.1) is 20.8 Å². The molecule has 1 heterocycles. The highest BCUT2D eigenvalue weighted by Crippen LogP contribution is 2.29. The lowest BCUT2D eigenvalue weighted by Gasteiger charge is -2.12. The summed E-state index contributed by atoms with van der Waals surface area (Å²) in [4.78, 5) is 30.1. The minimum atomic E-state index is -4.50. The lowest BCUT2D eigenvalue weighted by Crippen LogP contribution is -2.33. The largest absolute Gasteiger partial charge is 0.405 e. The van der Waals surface area contributed by atoms with E-state index < -0.39 is 18.6 Å². The van der Waals surface area contributed by atoms with E-state index in [1.54, 1.807) is 13.0 Å². The summed E-state index contributed by atoms with van der Waals surface area (Å²) in [6.45, 7) is 4.18. The summed E-state index contributed by atoms with van der Waals surface area (Å²) < 4.78 is 37.1. The van der Waals surface area contributed by atoms with E-state index in [0.717, 1.165) is 26.7 Å². The summed E-state index contributed by atoms with van der Waals surface area (Å²) >= 11 is 1.43. The van der Waals surface area contributed by atoms with Crippen molar-refractivity contribution in [2.45, 2.75) is 33.4 Å². The number of aromatic nitrogens is 1. The van der Waals surface area contributed by atoms with Crippen molar-refractivity contribution in [3.05, 3.63) is 69.0 Å². The van der Waals surface area contributed by atoms with Crippen molar-refractivity contribution in [2.24, 2.45) is 0 Å². The van der Waals surface area contributed by atoms with E-state index in [9.17, 15) is 22.8 Å². The maximum atomic E-state index is 12.7. The lowest BCUT2D eigenvalue weighted by atomic mass is 10.1. The second-order valence-electron chi connectivity index (χ2n) is 7.42. The third-order valence-corrected chi connectivity index (χ3v) is 5.64. The number of hydrogen-bond acceptors (Lipinski definition) is 4. The standard InChI is InChI=1S/C23H22F3N3O2S/c1-13-4-7-16(8-5-13)21-19(32-15(3)28-21)11-20(30)29-18-10-17(9-6-14(18)2)22(31)27-12-23(24,25)26/h4-10H,11-12H2,1-3H3,(H,27,31)(H,29,30). The van der Waals surface area contributed by atoms with Crippen molar-refractivity contribution in [1.82, 2.24) is 10.3 Å². The molecule has 0 aliphatic rings. The molecule has 2 amide bonds. The molecule has 0 spiro atoms. The number of nitrogens with one attached hydrogen (secondary N) is 2. The van der Waals surface area contributed by atoms with Crippen LogP contribution in [-0.2, 0) is 11.2 Å². The van der Waals surface area contributed by atoms with Gasteiger partial charge in [0, 0.05) is 21.7 Å². The number of aryl methyl sites for hydroxylation is 3. The van der Waals surface area contributed by atoms with Gasteiger partial charge < -0.3 is 10.6 Å². The van der Waals surface area contributed by atoms with Gasteiger partial charge >= 0.3 is 6.18 Å². The monoisotopic (exact) mass is 461 g/mol. The van der Waals surface area contributed by atoms with Crippen LogP contribution in [0.25, 0.3) is 11.3 Å². The van der Waals surface area contributed by atoms with Crippen LogP contribution in [-0.4, -0.2) is 29.5 Å². The van der Waals surface area contributed by atoms with Crippen LogP contribution in [0.4, 0.5) is 18.9 Å². The van der Waals surface area contributed by atoms with Gasteiger partial charge in [-0.1, -0.05) is 35.9 Å². The Morgan fingerprint density at radius 3 is 2.38 bits per heavy atom. The molecule has 5 nitrogen and oxygen atoms in total. The maximum Gasteiger partial charge on any atom is 0.405 e. The molecule has 0 radical (unpaired) electrons. The summed E-state index contributed by atoms with van der Waals surface area (Å²) in [5, 5.41) is 5.42. The van der Waals surface area contributed by atoms with Crippen molar-refractivity contribution in [3.63, 3.8) is 0 Å². The molecule has 32 heavy (non-hydrogen) atoms. The fourth-order valence-corrected chi connectivity index (χ4v) is 4.00. The molecule has 9 heteroatoms. The molecule has 1 aromatic heterocycles. The molecule has 0 unspecified atom stereocenters. The van der Waals surface area contributed by atoms with Crippen LogP contribution in [0.3, 0.4) is 0 Å². The zero-order valence-corrected chi connectivity index (χ0v) is 18.6. The van der Waals surface area contributed by atoms with Crippen LogP contribution in [0.1, 0.15) is 31.4 Å². The number of amides is 2. The van der Waals surface area contributed by atoms with Crippen LogP contribution in [0.15, 0.2) is 42.5 Å². The molecular formula is C23H22F3N3O2S. The Kier molecular flexibility index (Phi) is 6.98. The van der Waals surface area contributed by atoms with Crippen molar-refractivity contribution >= 4 is 28.8 Å². The highest BCUT2D eigenvalue weighted by atomic mass is 32.1. The zero-order chi connectivity index (χ0) is 23.5. The van der Waals surface area contributed by atoms with Gasteiger partial charge in [0.2, 0.25) is 5.91 Å². The van der Waals surface area contributed by atoms with Crippen molar-refractivity contribution in [3.8, 4) is 11.3 Å². The first-order chi connectivity index (χ1) is 15.0. The van der Waals surface area contributed by atoms with Gasteiger partial charge in [0.25, 0.3) is 5.91 Å². The smallest absolute Gasteiger partial charge is 0.343 e. The number of anilines is 1. The van der Waals surface area contributed by atoms with Crippen LogP contribution in [0.2, 0.25) is 0 Å². The Morgan fingerprint density at radius 2 is 1.72 bits per heavy atom. The topological polar surface area (TPSA) is 71.1 Å². The average molecular weight is 462 g/mol. The second-order valence-corrected chi connectivity index (χ2v) is 8.71. The second kappa shape index (κ2) is 9.52. The molecule has 0 saturated carbocycles. The molecular weight excluding hydrogens is 439 g/mol. The average Bonchev–Trinajstić information content (AvgIpc) is 3.07. The van der Waals surface area contributed by atoms with Crippen LogP contribution >= 0.6 is 11.3 Å². The highest BCUT2D eigenvalue weighted by Gasteiger charge is 2.28. The summed E-state index contributed by atoms with van der Waals surface area (Å²) in [7, 11) is 0. The fourth-order valence-electron chi connectivity index (χ4n) is 3.05. The van der Waals surface area contributed by atoms with Crippen LogP contribution in [0.5, 0.6) is 0 Å². The molecule has 0 aliphatic heterocycles. The minimum Gasteiger partial charge on any atom is -0.343 e. The van der Waals surface area contributed by atoms with Gasteiger partial charge in [-0.25, -0.2) is 4.98 Å². The number of halogens is 3. The van der Waals surface area contributed by atoms with E-state index in [-0.39, 0.29) is 17.9 Å². The highest BCUT2D eigenvalue weighted by molar-refractivity contribution is 7.12.